The summed E-state index contributed by atoms with van der Waals surface area (Å²) in [5.74, 6) is -0.346. The number of unbranched alkanes of at least 4 members (excludes halogenated alkanes) is 3. The van der Waals surface area contributed by atoms with Crippen LogP contribution in [0.2, 0.25) is 0 Å². The minimum atomic E-state index is -0.625. The van der Waals surface area contributed by atoms with Gasteiger partial charge in [-0.25, -0.2) is 0 Å². The van der Waals surface area contributed by atoms with Crippen LogP contribution in [0.3, 0.4) is 0 Å². The number of Topliss-reactive ketones (excluding diaryl/α,β-unsaturated/α-hetero) is 1. The van der Waals surface area contributed by atoms with Crippen molar-refractivity contribution in [2.45, 2.75) is 64.8 Å². The van der Waals surface area contributed by atoms with Gasteiger partial charge in [0.05, 0.1) is 6.04 Å². The molecule has 0 fully saturated rings. The molecule has 0 rings (SSSR count). The molecular weight excluding hydrogens is 256 g/mol. The van der Waals surface area contributed by atoms with Crippen LogP contribution in [-0.2, 0) is 4.79 Å². The second-order valence-electron chi connectivity index (χ2n) is 5.35. The molecule has 3 N–H and O–H groups in total. The molecule has 0 radical (unpaired) electrons. The van der Waals surface area contributed by atoms with E-state index < -0.39 is 12.6 Å². The fourth-order valence-electron chi connectivity index (χ4n) is 2.19. The van der Waals surface area contributed by atoms with Gasteiger partial charge in [-0.3, -0.25) is 4.79 Å². The Bertz CT molecular complexity index is 229. The number of aliphatic hydroxyl groups excluding tert-OH is 1. The Labute approximate surface area is 123 Å². The molecule has 0 saturated heterocycles. The summed E-state index contributed by atoms with van der Waals surface area (Å²) in [5, 5.41) is 17.6. The van der Waals surface area contributed by atoms with Crippen molar-refractivity contribution in [1.29, 1.82) is 0 Å². The summed E-state index contributed by atoms with van der Waals surface area (Å²) in [7, 11) is 0. The molecule has 0 aliphatic heterocycles. The van der Waals surface area contributed by atoms with E-state index in [-0.39, 0.29) is 5.78 Å². The maximum absolute atomic E-state index is 11.3. The Balaban J connectivity index is 3.87. The molecule has 0 aliphatic carbocycles. The van der Waals surface area contributed by atoms with Gasteiger partial charge in [0.25, 0.3) is 0 Å². The van der Waals surface area contributed by atoms with Crippen molar-refractivity contribution in [3.05, 3.63) is 0 Å². The molecule has 20 heavy (non-hydrogen) atoms. The molecule has 0 amide bonds. The predicted octanol–water partition coefficient (Wildman–Crippen LogP) is 1.97. The maximum Gasteiger partial charge on any atom is 0.177 e. The lowest BCUT2D eigenvalue weighted by atomic mass is 10.1. The van der Waals surface area contributed by atoms with Crippen molar-refractivity contribution in [2.75, 3.05) is 26.2 Å². The third kappa shape index (κ3) is 9.42. The molecule has 0 aromatic carbocycles. The first kappa shape index (κ1) is 19.5. The molecular formula is C15H32N2O3. The van der Waals surface area contributed by atoms with Gasteiger partial charge >= 0.3 is 0 Å². The fraction of sp³-hybridized carbons (Fsp3) is 0.933. The van der Waals surface area contributed by atoms with Crippen molar-refractivity contribution < 1.29 is 15.1 Å². The zero-order valence-electron chi connectivity index (χ0n) is 13.1. The molecule has 1 atom stereocenters. The number of carbonyl (C=O) groups is 1. The van der Waals surface area contributed by atoms with Gasteiger partial charge in [0.15, 0.2) is 5.78 Å². The zero-order valence-corrected chi connectivity index (χ0v) is 13.1. The van der Waals surface area contributed by atoms with Crippen LogP contribution in [0.1, 0.15) is 58.8 Å². The van der Waals surface area contributed by atoms with E-state index in [4.69, 9.17) is 10.3 Å². The van der Waals surface area contributed by atoms with E-state index in [1.807, 2.05) is 5.48 Å². The third-order valence-corrected chi connectivity index (χ3v) is 3.57. The van der Waals surface area contributed by atoms with E-state index in [2.05, 4.69) is 18.7 Å². The molecule has 120 valence electrons. The average molecular weight is 288 g/mol. The van der Waals surface area contributed by atoms with Crippen molar-refractivity contribution in [3.63, 3.8) is 0 Å². The Kier molecular flexibility index (Phi) is 13.2. The minimum absolute atomic E-state index is 0.346. The van der Waals surface area contributed by atoms with Crippen LogP contribution in [0.4, 0.5) is 0 Å². The Hall–Kier alpha value is -0.490. The number of rotatable bonds is 14. The first-order chi connectivity index (χ1) is 9.69. The quantitative estimate of drug-likeness (QED) is 0.337. The number of hydrogen-bond acceptors (Lipinski definition) is 5. The van der Waals surface area contributed by atoms with Gasteiger partial charge in [0.2, 0.25) is 0 Å². The standard InChI is InChI=1S/C15H32N2O3/c1-3-5-10-17(11-6-4-2)12-8-7-9-14(16-20)15(19)13-18/h14,16,18,20H,3-13H2,1-2H3/t14-/m0/s1. The molecule has 0 bridgehead atoms. The van der Waals surface area contributed by atoms with Crippen LogP contribution >= 0.6 is 0 Å². The Morgan fingerprint density at radius 1 is 1.05 bits per heavy atom. The summed E-state index contributed by atoms with van der Waals surface area (Å²) in [6.45, 7) is 7.23. The van der Waals surface area contributed by atoms with Crippen LogP contribution in [-0.4, -0.2) is 53.3 Å². The van der Waals surface area contributed by atoms with Crippen LogP contribution in [0.5, 0.6) is 0 Å². The highest BCUT2D eigenvalue weighted by molar-refractivity contribution is 5.84. The van der Waals surface area contributed by atoms with E-state index >= 15 is 0 Å². The molecule has 0 heterocycles. The number of hydrogen-bond donors (Lipinski definition) is 3. The Morgan fingerprint density at radius 2 is 1.60 bits per heavy atom. The summed E-state index contributed by atoms with van der Waals surface area (Å²) >= 11 is 0. The number of carbonyl (C=O) groups excluding carboxylic acids is 1. The largest absolute Gasteiger partial charge is 0.389 e. The Morgan fingerprint density at radius 3 is 2.05 bits per heavy atom. The highest BCUT2D eigenvalue weighted by Crippen LogP contribution is 2.06. The fourth-order valence-corrected chi connectivity index (χ4v) is 2.19. The van der Waals surface area contributed by atoms with E-state index in [1.165, 1.54) is 25.7 Å². The lowest BCUT2D eigenvalue weighted by Gasteiger charge is -2.22. The first-order valence-corrected chi connectivity index (χ1v) is 7.95. The van der Waals surface area contributed by atoms with Gasteiger partial charge in [0.1, 0.15) is 6.61 Å². The zero-order chi connectivity index (χ0) is 15.2. The van der Waals surface area contributed by atoms with Gasteiger partial charge in [-0.2, -0.15) is 5.48 Å². The van der Waals surface area contributed by atoms with Crippen LogP contribution in [0.25, 0.3) is 0 Å². The van der Waals surface area contributed by atoms with Gasteiger partial charge in [-0.15, -0.1) is 0 Å². The number of aliphatic hydroxyl groups is 1. The molecule has 0 aliphatic rings. The minimum Gasteiger partial charge on any atom is -0.389 e. The first-order valence-electron chi connectivity index (χ1n) is 7.95. The number of nitrogens with one attached hydrogen (secondary N) is 1. The predicted molar refractivity (Wildman–Crippen MR) is 80.9 cm³/mol. The maximum atomic E-state index is 11.3. The summed E-state index contributed by atoms with van der Waals surface area (Å²) in [4.78, 5) is 13.8. The van der Waals surface area contributed by atoms with Gasteiger partial charge in [0, 0.05) is 0 Å². The van der Waals surface area contributed by atoms with Gasteiger partial charge < -0.3 is 15.2 Å². The molecule has 0 aromatic rings. The normalized spacial score (nSPS) is 12.8. The molecule has 5 heteroatoms. The molecule has 0 aromatic heterocycles. The van der Waals surface area contributed by atoms with Crippen LogP contribution in [0, 0.1) is 0 Å². The molecule has 0 spiro atoms. The van der Waals surface area contributed by atoms with Crippen LogP contribution in [0.15, 0.2) is 0 Å². The van der Waals surface area contributed by atoms with E-state index in [9.17, 15) is 4.79 Å². The topological polar surface area (TPSA) is 72.8 Å². The van der Waals surface area contributed by atoms with Crippen molar-refractivity contribution in [3.8, 4) is 0 Å². The molecule has 5 nitrogen and oxygen atoms in total. The number of hydroxylamine groups is 1. The van der Waals surface area contributed by atoms with E-state index in [0.717, 1.165) is 32.5 Å². The van der Waals surface area contributed by atoms with Crippen molar-refractivity contribution >= 4 is 5.78 Å². The number of nitrogens with zero attached hydrogens (tertiary/aromatic N) is 1. The molecule has 0 unspecified atom stereocenters. The second kappa shape index (κ2) is 13.5. The van der Waals surface area contributed by atoms with Crippen molar-refractivity contribution in [2.24, 2.45) is 0 Å². The average Bonchev–Trinajstić information content (AvgIpc) is 2.48. The van der Waals surface area contributed by atoms with E-state index in [1.54, 1.807) is 0 Å². The van der Waals surface area contributed by atoms with Crippen LogP contribution < -0.4 is 5.48 Å². The SMILES string of the molecule is CCCCN(CCCC)CCCC[C@H](NO)C(=O)CO. The summed E-state index contributed by atoms with van der Waals surface area (Å²) in [5.41, 5.74) is 1.99. The molecule has 0 saturated carbocycles. The van der Waals surface area contributed by atoms with Gasteiger partial charge in [-0.05, 0) is 45.3 Å². The monoisotopic (exact) mass is 288 g/mol. The van der Waals surface area contributed by atoms with Crippen molar-refractivity contribution in [1.82, 2.24) is 10.4 Å². The second-order valence-corrected chi connectivity index (χ2v) is 5.35. The smallest absolute Gasteiger partial charge is 0.177 e. The highest BCUT2D eigenvalue weighted by atomic mass is 16.5. The third-order valence-electron chi connectivity index (χ3n) is 3.57. The summed E-state index contributed by atoms with van der Waals surface area (Å²) < 4.78 is 0. The van der Waals surface area contributed by atoms with Gasteiger partial charge in [-0.1, -0.05) is 33.1 Å². The van der Waals surface area contributed by atoms with E-state index in [0.29, 0.717) is 6.42 Å². The highest BCUT2D eigenvalue weighted by Gasteiger charge is 2.15. The summed E-state index contributed by atoms with van der Waals surface area (Å²) in [6.07, 6.45) is 7.35. The summed E-state index contributed by atoms with van der Waals surface area (Å²) in [6, 6.07) is -0.625. The lowest BCUT2D eigenvalue weighted by molar-refractivity contribution is -0.126. The lowest BCUT2D eigenvalue weighted by Crippen LogP contribution is -2.36. The number of ketones is 1.